The maximum Gasteiger partial charge on any atom is 0.0461 e. The van der Waals surface area contributed by atoms with Crippen LogP contribution in [0.25, 0.3) is 0 Å². The number of benzene rings is 1. The summed E-state index contributed by atoms with van der Waals surface area (Å²) in [5, 5.41) is 0. The van der Waals surface area contributed by atoms with Gasteiger partial charge >= 0.3 is 0 Å². The van der Waals surface area contributed by atoms with Gasteiger partial charge in [-0.1, -0.05) is 74.4 Å². The van der Waals surface area contributed by atoms with E-state index in [0.717, 1.165) is 17.1 Å². The predicted octanol–water partition coefficient (Wildman–Crippen LogP) is 5.95. The van der Waals surface area contributed by atoms with Gasteiger partial charge in [-0.3, -0.25) is 0 Å². The topological polar surface area (TPSA) is 3.24 Å². The fraction of sp³-hybridized carbons (Fsp3) is 0.0476. The average Bonchev–Trinajstić information content (AvgIpc) is 2.55. The molecule has 0 heterocycles. The molecule has 0 saturated heterocycles. The van der Waals surface area contributed by atoms with Crippen molar-refractivity contribution in [2.45, 2.75) is 6.92 Å². The Labute approximate surface area is 134 Å². The molecule has 0 spiro atoms. The minimum Gasteiger partial charge on any atom is -0.311 e. The normalized spacial score (nSPS) is 12.1. The highest BCUT2D eigenvalue weighted by Gasteiger charge is 2.10. The third kappa shape index (κ3) is 5.29. The Morgan fingerprint density at radius 1 is 1.00 bits per heavy atom. The van der Waals surface area contributed by atoms with Crippen LogP contribution in [0.5, 0.6) is 0 Å². The summed E-state index contributed by atoms with van der Waals surface area (Å²) in [6, 6.07) is 10.1. The molecule has 112 valence electrons. The van der Waals surface area contributed by atoms with Crippen molar-refractivity contribution in [1.82, 2.24) is 0 Å². The lowest BCUT2D eigenvalue weighted by molar-refractivity contribution is 1.15. The molecule has 0 N–H and O–H groups in total. The summed E-state index contributed by atoms with van der Waals surface area (Å²) in [4.78, 5) is 2.06. The molecule has 1 nitrogen and oxygen atoms in total. The van der Waals surface area contributed by atoms with Gasteiger partial charge in [0, 0.05) is 17.1 Å². The monoisotopic (exact) mass is 289 g/mol. The Morgan fingerprint density at radius 3 is 2.32 bits per heavy atom. The molecule has 1 heteroatoms. The van der Waals surface area contributed by atoms with E-state index >= 15 is 0 Å². The minimum atomic E-state index is 0.863. The quantitative estimate of drug-likeness (QED) is 0.534. The van der Waals surface area contributed by atoms with E-state index < -0.39 is 0 Å². The molecule has 0 bridgehead atoms. The van der Waals surface area contributed by atoms with Crippen molar-refractivity contribution < 1.29 is 0 Å². The molecular weight excluding hydrogens is 266 g/mol. The number of hydrogen-bond acceptors (Lipinski definition) is 1. The van der Waals surface area contributed by atoms with Gasteiger partial charge < -0.3 is 4.90 Å². The highest BCUT2D eigenvalue weighted by atomic mass is 15.1. The van der Waals surface area contributed by atoms with Gasteiger partial charge in [0.2, 0.25) is 0 Å². The summed E-state index contributed by atoms with van der Waals surface area (Å²) in [6.07, 6.45) is 17.3. The van der Waals surface area contributed by atoms with Gasteiger partial charge in [0.1, 0.15) is 0 Å². The maximum absolute atomic E-state index is 4.17. The molecule has 0 aliphatic rings. The number of rotatable bonds is 8. The zero-order chi connectivity index (χ0) is 16.2. The first-order chi connectivity index (χ1) is 10.7. The van der Waals surface area contributed by atoms with Crippen molar-refractivity contribution in [1.29, 1.82) is 0 Å². The van der Waals surface area contributed by atoms with Crippen LogP contribution in [-0.4, -0.2) is 0 Å². The van der Waals surface area contributed by atoms with E-state index in [2.05, 4.69) is 24.6 Å². The Kier molecular flexibility index (Phi) is 7.84. The molecule has 0 unspecified atom stereocenters. The highest BCUT2D eigenvalue weighted by molar-refractivity contribution is 5.62. The molecule has 0 amide bonds. The van der Waals surface area contributed by atoms with Gasteiger partial charge in [-0.2, -0.15) is 0 Å². The van der Waals surface area contributed by atoms with E-state index in [1.54, 1.807) is 6.08 Å². The van der Waals surface area contributed by atoms with E-state index in [4.69, 9.17) is 0 Å². The standard InChI is InChI=1S/C21H23N/c1-5-8-11-15-19(4)22(21-17-13-10-14-18-21)20(7-3)16-12-9-6-2/h5-18H,2-4H2,1H3/b8-5-,12-9-,15-11-,20-16+. The van der Waals surface area contributed by atoms with Crippen molar-refractivity contribution in [2.75, 3.05) is 4.90 Å². The Balaban J connectivity index is 3.23. The molecule has 0 saturated carbocycles. The lowest BCUT2D eigenvalue weighted by Gasteiger charge is -2.26. The summed E-state index contributed by atoms with van der Waals surface area (Å²) in [7, 11) is 0. The Bertz CT molecular complexity index is 613. The third-order valence-electron chi connectivity index (χ3n) is 2.88. The van der Waals surface area contributed by atoms with Crippen LogP contribution in [0, 0.1) is 0 Å². The molecule has 1 aromatic rings. The molecular formula is C21H23N. The largest absolute Gasteiger partial charge is 0.311 e. The van der Waals surface area contributed by atoms with Crippen molar-refractivity contribution in [3.63, 3.8) is 0 Å². The minimum absolute atomic E-state index is 0.863. The smallest absolute Gasteiger partial charge is 0.0461 e. The zero-order valence-corrected chi connectivity index (χ0v) is 13.2. The SMILES string of the molecule is C=C/C=C\C=C(/C=C)N(C(=C)/C=C\C=C/C)c1ccccc1. The summed E-state index contributed by atoms with van der Waals surface area (Å²) >= 11 is 0. The first-order valence-electron chi connectivity index (χ1n) is 7.19. The lowest BCUT2D eigenvalue weighted by Crippen LogP contribution is -2.18. The number of nitrogens with zero attached hydrogens (tertiary/aromatic N) is 1. The highest BCUT2D eigenvalue weighted by Crippen LogP contribution is 2.24. The number of allylic oxidation sites excluding steroid dienone is 9. The summed E-state index contributed by atoms with van der Waals surface area (Å²) in [6.45, 7) is 13.8. The lowest BCUT2D eigenvalue weighted by atomic mass is 10.2. The molecule has 0 atom stereocenters. The van der Waals surface area contributed by atoms with Crippen molar-refractivity contribution in [3.8, 4) is 0 Å². The van der Waals surface area contributed by atoms with Crippen LogP contribution in [0.15, 0.2) is 116 Å². The van der Waals surface area contributed by atoms with Gasteiger partial charge in [0.25, 0.3) is 0 Å². The zero-order valence-electron chi connectivity index (χ0n) is 13.2. The fourth-order valence-electron chi connectivity index (χ4n) is 1.88. The molecule has 0 fully saturated rings. The van der Waals surface area contributed by atoms with Crippen LogP contribution in [0.3, 0.4) is 0 Å². The molecule has 0 aromatic heterocycles. The van der Waals surface area contributed by atoms with Gasteiger partial charge in [0.15, 0.2) is 0 Å². The number of hydrogen-bond donors (Lipinski definition) is 0. The molecule has 0 aliphatic heterocycles. The second-order valence-electron chi connectivity index (χ2n) is 4.46. The average molecular weight is 289 g/mol. The van der Waals surface area contributed by atoms with Gasteiger partial charge in [-0.25, -0.2) is 0 Å². The third-order valence-corrected chi connectivity index (χ3v) is 2.88. The van der Waals surface area contributed by atoms with Gasteiger partial charge in [0.05, 0.1) is 0 Å². The summed E-state index contributed by atoms with van der Waals surface area (Å²) in [5.41, 5.74) is 2.85. The van der Waals surface area contributed by atoms with Crippen LogP contribution in [0.1, 0.15) is 6.92 Å². The summed E-state index contributed by atoms with van der Waals surface area (Å²) < 4.78 is 0. The van der Waals surface area contributed by atoms with Crippen molar-refractivity contribution in [2.24, 2.45) is 0 Å². The molecule has 0 radical (unpaired) electrons. The van der Waals surface area contributed by atoms with E-state index in [1.165, 1.54) is 0 Å². The van der Waals surface area contributed by atoms with Gasteiger partial charge in [-0.05, 0) is 37.3 Å². The van der Waals surface area contributed by atoms with Crippen LogP contribution < -0.4 is 4.90 Å². The van der Waals surface area contributed by atoms with Crippen molar-refractivity contribution >= 4 is 5.69 Å². The van der Waals surface area contributed by atoms with Crippen LogP contribution in [0.4, 0.5) is 5.69 Å². The number of anilines is 1. The molecule has 1 rings (SSSR count). The maximum atomic E-state index is 4.17. The predicted molar refractivity (Wildman–Crippen MR) is 99.6 cm³/mol. The first-order valence-corrected chi connectivity index (χ1v) is 7.19. The fourth-order valence-corrected chi connectivity index (χ4v) is 1.88. The van der Waals surface area contributed by atoms with E-state index in [1.807, 2.05) is 85.9 Å². The van der Waals surface area contributed by atoms with E-state index in [0.29, 0.717) is 0 Å². The molecule has 1 aromatic carbocycles. The van der Waals surface area contributed by atoms with E-state index in [9.17, 15) is 0 Å². The second kappa shape index (κ2) is 10.0. The van der Waals surface area contributed by atoms with Gasteiger partial charge in [-0.15, -0.1) is 0 Å². The van der Waals surface area contributed by atoms with Crippen LogP contribution in [0.2, 0.25) is 0 Å². The first kappa shape index (κ1) is 17.3. The molecule has 0 aliphatic carbocycles. The second-order valence-corrected chi connectivity index (χ2v) is 4.46. The number of para-hydroxylation sites is 1. The Morgan fingerprint density at radius 2 is 1.73 bits per heavy atom. The van der Waals surface area contributed by atoms with E-state index in [-0.39, 0.29) is 0 Å². The van der Waals surface area contributed by atoms with Crippen LogP contribution >= 0.6 is 0 Å². The van der Waals surface area contributed by atoms with Crippen molar-refractivity contribution in [3.05, 3.63) is 116 Å². The summed E-state index contributed by atoms with van der Waals surface area (Å²) in [5.74, 6) is 0. The Hall–Kier alpha value is -2.80. The molecule has 22 heavy (non-hydrogen) atoms. The van der Waals surface area contributed by atoms with Crippen LogP contribution in [-0.2, 0) is 0 Å².